The van der Waals surface area contributed by atoms with Crippen molar-refractivity contribution in [2.75, 3.05) is 18.9 Å². The number of rotatable bonds is 9. The zero-order valence-electron chi connectivity index (χ0n) is 16.8. The number of carbonyl (C=O) groups excluding carboxylic acids is 2. The van der Waals surface area contributed by atoms with Crippen molar-refractivity contribution in [3.63, 3.8) is 0 Å². The molecule has 0 spiro atoms. The fourth-order valence-corrected chi connectivity index (χ4v) is 2.97. The van der Waals surface area contributed by atoms with Gasteiger partial charge >= 0.3 is 0 Å². The minimum absolute atomic E-state index is 0.199. The summed E-state index contributed by atoms with van der Waals surface area (Å²) in [6.45, 7) is 0.874. The third-order valence-corrected chi connectivity index (χ3v) is 4.65. The number of aromatic nitrogens is 1. The molecule has 3 N–H and O–H groups in total. The van der Waals surface area contributed by atoms with Crippen molar-refractivity contribution in [2.24, 2.45) is 0 Å². The molecule has 0 saturated carbocycles. The van der Waals surface area contributed by atoms with E-state index < -0.39 is 0 Å². The minimum atomic E-state index is -0.199. The maximum Gasteiger partial charge on any atom is 0.244 e. The van der Waals surface area contributed by atoms with Gasteiger partial charge in [0.25, 0.3) is 0 Å². The largest absolute Gasteiger partial charge is 0.493 e. The highest BCUT2D eigenvalue weighted by Gasteiger charge is 2.08. The molecule has 6 nitrogen and oxygen atoms in total. The van der Waals surface area contributed by atoms with Crippen LogP contribution in [0.2, 0.25) is 5.02 Å². The lowest BCUT2D eigenvalue weighted by Gasteiger charge is -2.12. The number of benzene rings is 2. The summed E-state index contributed by atoms with van der Waals surface area (Å²) < 4.78 is 5.91. The molecule has 0 atom stereocenters. The van der Waals surface area contributed by atoms with Crippen LogP contribution in [0.25, 0.3) is 17.2 Å². The fraction of sp³-hybridized carbons (Fsp3) is 0.125. The van der Waals surface area contributed by atoms with Crippen molar-refractivity contribution in [2.45, 2.75) is 6.42 Å². The van der Waals surface area contributed by atoms with Crippen LogP contribution in [0.1, 0.15) is 22.3 Å². The number of anilines is 1. The highest BCUT2D eigenvalue weighted by molar-refractivity contribution is 6.30. The van der Waals surface area contributed by atoms with Gasteiger partial charge in [-0.3, -0.25) is 9.59 Å². The second-order valence-corrected chi connectivity index (χ2v) is 7.16. The first-order valence-electron chi connectivity index (χ1n) is 9.70. The fourth-order valence-electron chi connectivity index (χ4n) is 2.81. The number of halogens is 1. The highest BCUT2D eigenvalue weighted by atomic mass is 35.5. The summed E-state index contributed by atoms with van der Waals surface area (Å²) in [7, 11) is 0. The standard InChI is InChI=1S/C24H22ClN3O3/c25-20-8-9-21(19-6-2-18(16-29)3-7-19)22(14-20)31-13-1-12-27-24(30)11-5-17-4-10-23(26)28-15-17/h2-11,14-16H,1,12-13H2,(H2,26,28)(H,27,30)/b11-5+. The first kappa shape index (κ1) is 22.1. The molecule has 3 rings (SSSR count). The Kier molecular flexibility index (Phi) is 7.79. The Hall–Kier alpha value is -3.64. The molecule has 3 aromatic rings. The lowest BCUT2D eigenvalue weighted by Crippen LogP contribution is -2.23. The number of nitrogens with zero attached hydrogens (tertiary/aromatic N) is 1. The first-order chi connectivity index (χ1) is 15.0. The molecule has 0 fully saturated rings. The van der Waals surface area contributed by atoms with Crippen molar-refractivity contribution >= 4 is 35.7 Å². The van der Waals surface area contributed by atoms with Crippen LogP contribution in [0, 0.1) is 0 Å². The van der Waals surface area contributed by atoms with E-state index in [1.165, 1.54) is 6.08 Å². The zero-order valence-corrected chi connectivity index (χ0v) is 17.5. The van der Waals surface area contributed by atoms with Gasteiger partial charge in [-0.15, -0.1) is 0 Å². The molecule has 1 aromatic heterocycles. The topological polar surface area (TPSA) is 94.3 Å². The van der Waals surface area contributed by atoms with Gasteiger partial charge in [0.2, 0.25) is 5.91 Å². The number of hydrogen-bond donors (Lipinski definition) is 2. The van der Waals surface area contributed by atoms with Gasteiger partial charge in [-0.1, -0.05) is 35.9 Å². The van der Waals surface area contributed by atoms with Gasteiger partial charge in [0.15, 0.2) is 0 Å². The maximum atomic E-state index is 11.9. The quantitative estimate of drug-likeness (QED) is 0.295. The molecular formula is C24H22ClN3O3. The Labute approximate surface area is 185 Å². The highest BCUT2D eigenvalue weighted by Crippen LogP contribution is 2.32. The Bertz CT molecular complexity index is 1060. The van der Waals surface area contributed by atoms with Gasteiger partial charge in [-0.05, 0) is 54.0 Å². The van der Waals surface area contributed by atoms with Gasteiger partial charge in [0.1, 0.15) is 17.9 Å². The number of aldehydes is 1. The predicted octanol–water partition coefficient (Wildman–Crippen LogP) is 4.40. The third-order valence-electron chi connectivity index (χ3n) is 4.42. The monoisotopic (exact) mass is 435 g/mol. The summed E-state index contributed by atoms with van der Waals surface area (Å²) in [5.41, 5.74) is 8.74. The lowest BCUT2D eigenvalue weighted by molar-refractivity contribution is -0.116. The summed E-state index contributed by atoms with van der Waals surface area (Å²) in [5, 5.41) is 3.38. The number of amides is 1. The van der Waals surface area contributed by atoms with E-state index in [0.717, 1.165) is 23.0 Å². The van der Waals surface area contributed by atoms with E-state index in [2.05, 4.69) is 10.3 Å². The molecule has 0 unspecified atom stereocenters. The van der Waals surface area contributed by atoms with Crippen LogP contribution in [0.3, 0.4) is 0 Å². The second kappa shape index (κ2) is 10.9. The van der Waals surface area contributed by atoms with Crippen LogP contribution >= 0.6 is 11.6 Å². The molecule has 31 heavy (non-hydrogen) atoms. The predicted molar refractivity (Wildman–Crippen MR) is 123 cm³/mol. The molecule has 158 valence electrons. The number of nitrogens with two attached hydrogens (primary N) is 1. The van der Waals surface area contributed by atoms with E-state index in [4.69, 9.17) is 22.1 Å². The molecule has 0 bridgehead atoms. The summed E-state index contributed by atoms with van der Waals surface area (Å²) in [6, 6.07) is 16.1. The van der Waals surface area contributed by atoms with Crippen molar-refractivity contribution in [1.29, 1.82) is 0 Å². The van der Waals surface area contributed by atoms with Gasteiger partial charge in [0.05, 0.1) is 6.61 Å². The number of carbonyl (C=O) groups is 2. The van der Waals surface area contributed by atoms with Crippen molar-refractivity contribution < 1.29 is 14.3 Å². The van der Waals surface area contributed by atoms with Crippen LogP contribution in [0.4, 0.5) is 5.82 Å². The van der Waals surface area contributed by atoms with E-state index in [1.807, 2.05) is 18.2 Å². The minimum Gasteiger partial charge on any atom is -0.493 e. The molecule has 2 aromatic carbocycles. The number of ether oxygens (including phenoxy) is 1. The molecule has 0 radical (unpaired) electrons. The molecule has 0 aliphatic heterocycles. The number of pyridine rings is 1. The van der Waals surface area contributed by atoms with Crippen molar-refractivity contribution in [3.05, 3.63) is 83.0 Å². The van der Waals surface area contributed by atoms with E-state index in [1.54, 1.807) is 48.7 Å². The summed E-state index contributed by atoms with van der Waals surface area (Å²) in [5.74, 6) is 0.881. The molecule has 7 heteroatoms. The van der Waals surface area contributed by atoms with Crippen molar-refractivity contribution in [1.82, 2.24) is 10.3 Å². The Morgan fingerprint density at radius 3 is 2.58 bits per heavy atom. The van der Waals surface area contributed by atoms with Crippen LogP contribution in [-0.4, -0.2) is 30.3 Å². The average Bonchev–Trinajstić information content (AvgIpc) is 2.79. The first-order valence-corrected chi connectivity index (χ1v) is 10.1. The van der Waals surface area contributed by atoms with Crippen molar-refractivity contribution in [3.8, 4) is 16.9 Å². The molecule has 0 saturated heterocycles. The SMILES string of the molecule is Nc1ccc(/C=C/C(=O)NCCCOc2cc(Cl)ccc2-c2ccc(C=O)cc2)cn1. The van der Waals surface area contributed by atoms with Gasteiger partial charge in [-0.2, -0.15) is 0 Å². The van der Waals surface area contributed by atoms with E-state index >= 15 is 0 Å². The van der Waals surface area contributed by atoms with Gasteiger partial charge in [-0.25, -0.2) is 4.98 Å². The molecule has 1 heterocycles. The number of nitrogen functional groups attached to an aromatic ring is 1. The summed E-state index contributed by atoms with van der Waals surface area (Å²) in [4.78, 5) is 26.8. The third kappa shape index (κ3) is 6.69. The normalized spacial score (nSPS) is 10.7. The molecule has 0 aliphatic carbocycles. The summed E-state index contributed by atoms with van der Waals surface area (Å²) >= 11 is 6.13. The van der Waals surface area contributed by atoms with Gasteiger partial charge < -0.3 is 15.8 Å². The number of hydrogen-bond acceptors (Lipinski definition) is 5. The van der Waals surface area contributed by atoms with E-state index in [9.17, 15) is 9.59 Å². The van der Waals surface area contributed by atoms with Gasteiger partial charge in [0, 0.05) is 35.0 Å². The number of nitrogens with one attached hydrogen (secondary N) is 1. The molecule has 0 aliphatic rings. The molecule has 1 amide bonds. The maximum absolute atomic E-state index is 11.9. The zero-order chi connectivity index (χ0) is 22.1. The van der Waals surface area contributed by atoms with Crippen LogP contribution in [-0.2, 0) is 4.79 Å². The lowest BCUT2D eigenvalue weighted by atomic mass is 10.0. The Morgan fingerprint density at radius 1 is 1.10 bits per heavy atom. The summed E-state index contributed by atoms with van der Waals surface area (Å²) in [6.07, 6.45) is 6.15. The van der Waals surface area contributed by atoms with E-state index in [-0.39, 0.29) is 5.91 Å². The van der Waals surface area contributed by atoms with Crippen LogP contribution in [0.15, 0.2) is 66.9 Å². The smallest absolute Gasteiger partial charge is 0.244 e. The Balaban J connectivity index is 1.50. The average molecular weight is 436 g/mol. The molecular weight excluding hydrogens is 414 g/mol. The second-order valence-electron chi connectivity index (χ2n) is 6.72. The van der Waals surface area contributed by atoms with Crippen LogP contribution < -0.4 is 15.8 Å². The Morgan fingerprint density at radius 2 is 1.87 bits per heavy atom. The van der Waals surface area contributed by atoms with E-state index in [0.29, 0.717) is 41.7 Å². The van der Waals surface area contributed by atoms with Crippen LogP contribution in [0.5, 0.6) is 5.75 Å².